The number of piperazine rings is 1. The number of carbonyl (C=O) groups excluding carboxylic acids is 1. The summed E-state index contributed by atoms with van der Waals surface area (Å²) in [7, 11) is 1.66. The molecule has 2 aromatic rings. The zero-order valence-corrected chi connectivity index (χ0v) is 18.2. The molecule has 6 nitrogen and oxygen atoms in total. The summed E-state index contributed by atoms with van der Waals surface area (Å²) >= 11 is 0. The maximum Gasteiger partial charge on any atom is 0.251 e. The molecule has 2 aromatic carbocycles. The van der Waals surface area contributed by atoms with Crippen LogP contribution in [0.15, 0.2) is 65.3 Å². The van der Waals surface area contributed by atoms with Gasteiger partial charge in [-0.15, -0.1) is 0 Å². The number of nitrogens with zero attached hydrogens (tertiary/aromatic N) is 3. The topological polar surface area (TPSA) is 71.8 Å². The number of aliphatic imine (C=N–C) groups is 1. The summed E-state index contributed by atoms with van der Waals surface area (Å²) in [6, 6.07) is 16.2. The molecule has 4 rings (SSSR count). The molecular weight excluding hydrogens is 386 g/mol. The average molecular weight is 416 g/mol. The summed E-state index contributed by atoms with van der Waals surface area (Å²) in [5.74, 6) is -0.0717. The highest BCUT2D eigenvalue weighted by Gasteiger charge is 2.23. The van der Waals surface area contributed by atoms with E-state index in [0.717, 1.165) is 49.6 Å². The second kappa shape index (κ2) is 9.16. The van der Waals surface area contributed by atoms with Gasteiger partial charge in [0.05, 0.1) is 6.54 Å². The van der Waals surface area contributed by atoms with Crippen molar-refractivity contribution in [1.82, 2.24) is 10.2 Å². The summed E-state index contributed by atoms with van der Waals surface area (Å²) < 4.78 is 0. The molecule has 0 aliphatic carbocycles. The average Bonchev–Trinajstić information content (AvgIpc) is 3.26. The smallest absolute Gasteiger partial charge is 0.251 e. The van der Waals surface area contributed by atoms with Crippen LogP contribution in [0, 0.1) is 5.41 Å². The summed E-state index contributed by atoms with van der Waals surface area (Å²) in [5.41, 5.74) is 7.01. The Morgan fingerprint density at radius 3 is 2.55 bits per heavy atom. The first kappa shape index (κ1) is 20.8. The Balaban J connectivity index is 1.48. The second-order valence-corrected chi connectivity index (χ2v) is 8.05. The van der Waals surface area contributed by atoms with Gasteiger partial charge in [-0.05, 0) is 36.8 Å². The van der Waals surface area contributed by atoms with E-state index in [1.54, 1.807) is 7.05 Å². The van der Waals surface area contributed by atoms with Crippen LogP contribution in [0.3, 0.4) is 0 Å². The molecule has 1 fully saturated rings. The molecule has 0 saturated carbocycles. The van der Waals surface area contributed by atoms with Crippen molar-refractivity contribution in [2.75, 3.05) is 44.7 Å². The molecule has 2 aliphatic heterocycles. The highest BCUT2D eigenvalue weighted by molar-refractivity contribution is 6.09. The number of nitrogens with one attached hydrogen (secondary N) is 2. The minimum Gasteiger partial charge on any atom is -0.370 e. The van der Waals surface area contributed by atoms with Gasteiger partial charge < -0.3 is 20.5 Å². The van der Waals surface area contributed by atoms with Gasteiger partial charge in [-0.2, -0.15) is 0 Å². The van der Waals surface area contributed by atoms with Crippen molar-refractivity contribution in [3.8, 4) is 11.1 Å². The Hall–Kier alpha value is -3.41. The van der Waals surface area contributed by atoms with Crippen LogP contribution in [0.4, 0.5) is 5.69 Å². The number of amides is 1. The van der Waals surface area contributed by atoms with Crippen LogP contribution in [0.25, 0.3) is 11.1 Å². The quantitative estimate of drug-likeness (QED) is 0.708. The van der Waals surface area contributed by atoms with Gasteiger partial charge in [0.15, 0.2) is 0 Å². The Morgan fingerprint density at radius 2 is 1.81 bits per heavy atom. The van der Waals surface area contributed by atoms with Crippen molar-refractivity contribution < 1.29 is 4.79 Å². The van der Waals surface area contributed by atoms with Gasteiger partial charge in [-0.25, -0.2) is 0 Å². The predicted molar refractivity (Wildman–Crippen MR) is 127 cm³/mol. The van der Waals surface area contributed by atoms with Gasteiger partial charge in [0, 0.05) is 73.6 Å². The van der Waals surface area contributed by atoms with Crippen LogP contribution in [-0.4, -0.2) is 62.0 Å². The number of hydrogen-bond acceptors (Lipinski definition) is 5. The molecule has 1 saturated heterocycles. The van der Waals surface area contributed by atoms with Crippen molar-refractivity contribution in [3.63, 3.8) is 0 Å². The predicted octanol–water partition coefficient (Wildman–Crippen LogP) is 3.60. The van der Waals surface area contributed by atoms with Crippen molar-refractivity contribution in [2.24, 2.45) is 4.99 Å². The molecule has 2 N–H and O–H groups in total. The standard InChI is InChI=1S/C25H29N5O/c1-18(26)14-21-16-22(17-28-21)29-10-12-30(13-11-29)24-9-4-3-8-23(24)19-6-5-7-20(15-19)25(31)27-2/h3-9,15-16,26H,10-14,17H2,1-2H3,(H,27,31). The van der Waals surface area contributed by atoms with Crippen LogP contribution >= 0.6 is 0 Å². The van der Waals surface area contributed by atoms with Gasteiger partial charge in [-0.3, -0.25) is 9.79 Å². The first-order valence-corrected chi connectivity index (χ1v) is 10.7. The highest BCUT2D eigenvalue weighted by atomic mass is 16.1. The third-order valence-corrected chi connectivity index (χ3v) is 5.82. The van der Waals surface area contributed by atoms with Gasteiger partial charge >= 0.3 is 0 Å². The van der Waals surface area contributed by atoms with E-state index in [1.165, 1.54) is 11.4 Å². The van der Waals surface area contributed by atoms with Gasteiger partial charge in [0.25, 0.3) is 5.91 Å². The molecule has 1 amide bonds. The van der Waals surface area contributed by atoms with E-state index in [0.29, 0.717) is 17.7 Å². The van der Waals surface area contributed by atoms with Gasteiger partial charge in [0.1, 0.15) is 0 Å². The van der Waals surface area contributed by atoms with E-state index < -0.39 is 0 Å². The Morgan fingerprint density at radius 1 is 1.06 bits per heavy atom. The Labute approximate surface area is 183 Å². The highest BCUT2D eigenvalue weighted by Crippen LogP contribution is 2.32. The van der Waals surface area contributed by atoms with Gasteiger partial charge in [0.2, 0.25) is 0 Å². The van der Waals surface area contributed by atoms with Crippen LogP contribution in [0.5, 0.6) is 0 Å². The number of benzene rings is 2. The van der Waals surface area contributed by atoms with E-state index in [2.05, 4.69) is 56.5 Å². The fourth-order valence-corrected chi connectivity index (χ4v) is 4.24. The first-order valence-electron chi connectivity index (χ1n) is 10.7. The van der Waals surface area contributed by atoms with Crippen molar-refractivity contribution in [1.29, 1.82) is 5.41 Å². The van der Waals surface area contributed by atoms with E-state index in [-0.39, 0.29) is 5.91 Å². The molecule has 2 aliphatic rings. The number of hydrogen-bond donors (Lipinski definition) is 2. The van der Waals surface area contributed by atoms with Crippen molar-refractivity contribution in [3.05, 3.63) is 65.9 Å². The van der Waals surface area contributed by atoms with Crippen LogP contribution in [0.1, 0.15) is 23.7 Å². The number of allylic oxidation sites excluding steroid dienone is 1. The van der Waals surface area contributed by atoms with E-state index >= 15 is 0 Å². The van der Waals surface area contributed by atoms with E-state index in [9.17, 15) is 4.79 Å². The summed E-state index contributed by atoms with van der Waals surface area (Å²) in [6.45, 7) is 6.32. The first-order chi connectivity index (χ1) is 15.0. The zero-order valence-electron chi connectivity index (χ0n) is 18.2. The molecule has 6 heteroatoms. The monoisotopic (exact) mass is 415 g/mol. The molecule has 0 spiro atoms. The zero-order chi connectivity index (χ0) is 21.8. The molecule has 0 atom stereocenters. The van der Waals surface area contributed by atoms with Gasteiger partial charge in [-0.1, -0.05) is 30.3 Å². The second-order valence-electron chi connectivity index (χ2n) is 8.05. The minimum atomic E-state index is -0.0717. The molecule has 0 radical (unpaired) electrons. The van der Waals surface area contributed by atoms with Crippen molar-refractivity contribution in [2.45, 2.75) is 13.3 Å². The van der Waals surface area contributed by atoms with E-state index in [4.69, 9.17) is 5.41 Å². The minimum absolute atomic E-state index is 0.0717. The fraction of sp³-hybridized carbons (Fsp3) is 0.320. The number of para-hydroxylation sites is 1. The largest absolute Gasteiger partial charge is 0.370 e. The van der Waals surface area contributed by atoms with Crippen LogP contribution < -0.4 is 10.2 Å². The summed E-state index contributed by atoms with van der Waals surface area (Å²) in [5, 5.41) is 10.4. The molecule has 0 bridgehead atoms. The van der Waals surface area contributed by atoms with Crippen molar-refractivity contribution >= 4 is 23.0 Å². The lowest BCUT2D eigenvalue weighted by Crippen LogP contribution is -2.46. The summed E-state index contributed by atoms with van der Waals surface area (Å²) in [4.78, 5) is 21.5. The molecule has 160 valence electrons. The Bertz CT molecular complexity index is 1050. The third-order valence-electron chi connectivity index (χ3n) is 5.82. The number of carbonyl (C=O) groups is 1. The van der Waals surface area contributed by atoms with Crippen LogP contribution in [0.2, 0.25) is 0 Å². The molecular formula is C25H29N5O. The number of anilines is 1. The molecule has 31 heavy (non-hydrogen) atoms. The lowest BCUT2D eigenvalue weighted by atomic mass is 10.00. The number of rotatable bonds is 6. The lowest BCUT2D eigenvalue weighted by molar-refractivity contribution is 0.0963. The third kappa shape index (κ3) is 4.68. The normalized spacial score (nSPS) is 16.1. The lowest BCUT2D eigenvalue weighted by Gasteiger charge is -2.38. The Kier molecular flexibility index (Phi) is 6.16. The maximum absolute atomic E-state index is 12.1. The SMILES string of the molecule is CNC(=O)c1cccc(-c2ccccc2N2CCN(C3=CC(CC(C)=N)=NC3)CC2)c1. The van der Waals surface area contributed by atoms with Crippen LogP contribution in [-0.2, 0) is 0 Å². The summed E-state index contributed by atoms with van der Waals surface area (Å²) in [6.07, 6.45) is 2.80. The maximum atomic E-state index is 12.1. The fourth-order valence-electron chi connectivity index (χ4n) is 4.24. The molecule has 2 heterocycles. The van der Waals surface area contributed by atoms with E-state index in [1.807, 2.05) is 25.1 Å². The molecule has 0 aromatic heterocycles. The molecule has 0 unspecified atom stereocenters.